The van der Waals surface area contributed by atoms with Crippen LogP contribution in [0.3, 0.4) is 0 Å². The maximum absolute atomic E-state index is 11.8. The zero-order valence-corrected chi connectivity index (χ0v) is 18.3. The molecular weight excluding hydrogens is 447 g/mol. The molecule has 2 amide bonds. The minimum absolute atomic E-state index is 0. The lowest BCUT2D eigenvalue weighted by atomic mass is 9.67. The van der Waals surface area contributed by atoms with E-state index in [0.717, 1.165) is 32.1 Å². The smallest absolute Gasteiger partial charge is 0.229 e. The quantitative estimate of drug-likeness (QED) is 0.228. The topological polar surface area (TPSA) is 83.0 Å². The largest absolute Gasteiger partial charge is 0.385 e. The first-order valence-electron chi connectivity index (χ1n) is 9.44. The van der Waals surface area contributed by atoms with Gasteiger partial charge in [0.15, 0.2) is 5.96 Å². The second kappa shape index (κ2) is 11.7. The van der Waals surface area contributed by atoms with Crippen LogP contribution in [-0.2, 0) is 14.3 Å². The molecule has 0 aromatic carbocycles. The number of rotatable bonds is 9. The van der Waals surface area contributed by atoms with Gasteiger partial charge >= 0.3 is 0 Å². The number of carbonyl (C=O) groups is 2. The van der Waals surface area contributed by atoms with Gasteiger partial charge in [0.1, 0.15) is 0 Å². The van der Waals surface area contributed by atoms with Crippen LogP contribution < -0.4 is 10.6 Å². The maximum Gasteiger partial charge on any atom is 0.229 e. The Kier molecular flexibility index (Phi) is 10.4. The molecule has 0 spiro atoms. The van der Waals surface area contributed by atoms with Crippen molar-refractivity contribution in [2.24, 2.45) is 10.4 Å². The number of halogens is 1. The number of piperidine rings is 1. The van der Waals surface area contributed by atoms with Crippen molar-refractivity contribution in [3.8, 4) is 0 Å². The van der Waals surface area contributed by atoms with Gasteiger partial charge in [0.2, 0.25) is 11.8 Å². The third kappa shape index (κ3) is 6.68. The number of methoxy groups -OCH3 is 1. The van der Waals surface area contributed by atoms with Crippen LogP contribution in [0.5, 0.6) is 0 Å². The molecule has 2 rings (SSSR count). The second-order valence-electron chi connectivity index (χ2n) is 7.01. The van der Waals surface area contributed by atoms with E-state index in [9.17, 15) is 9.59 Å². The molecule has 2 N–H and O–H groups in total. The average Bonchev–Trinajstić information content (AvgIpc) is 2.56. The normalized spacial score (nSPS) is 19.6. The minimum atomic E-state index is -0.0621. The fraction of sp³-hybridized carbons (Fsp3) is 0.833. The molecule has 1 aliphatic carbocycles. The molecule has 1 heterocycles. The van der Waals surface area contributed by atoms with Gasteiger partial charge in [-0.15, -0.1) is 24.0 Å². The van der Waals surface area contributed by atoms with E-state index in [1.807, 2.05) is 6.92 Å². The Morgan fingerprint density at radius 3 is 2.42 bits per heavy atom. The van der Waals surface area contributed by atoms with E-state index in [1.165, 1.54) is 24.2 Å². The van der Waals surface area contributed by atoms with Gasteiger partial charge in [-0.1, -0.05) is 6.42 Å². The predicted molar refractivity (Wildman–Crippen MR) is 113 cm³/mol. The van der Waals surface area contributed by atoms with E-state index in [4.69, 9.17) is 9.73 Å². The van der Waals surface area contributed by atoms with Gasteiger partial charge in [-0.2, -0.15) is 0 Å². The summed E-state index contributed by atoms with van der Waals surface area (Å²) in [6.45, 7) is 5.29. The molecule has 1 saturated heterocycles. The van der Waals surface area contributed by atoms with Crippen LogP contribution in [0.1, 0.15) is 51.9 Å². The molecule has 0 bridgehead atoms. The van der Waals surface area contributed by atoms with E-state index >= 15 is 0 Å². The monoisotopic (exact) mass is 480 g/mol. The van der Waals surface area contributed by atoms with Gasteiger partial charge in [-0.05, 0) is 38.0 Å². The molecule has 7 nitrogen and oxygen atoms in total. The summed E-state index contributed by atoms with van der Waals surface area (Å²) in [6, 6.07) is 0. The summed E-state index contributed by atoms with van der Waals surface area (Å²) in [5, 5.41) is 6.49. The summed E-state index contributed by atoms with van der Waals surface area (Å²) in [5.41, 5.74) is 0.275. The highest BCUT2D eigenvalue weighted by Gasteiger charge is 2.36. The molecule has 8 heteroatoms. The van der Waals surface area contributed by atoms with Crippen molar-refractivity contribution in [2.45, 2.75) is 51.9 Å². The number of nitrogens with one attached hydrogen (secondary N) is 2. The third-order valence-corrected chi connectivity index (χ3v) is 5.18. The van der Waals surface area contributed by atoms with Crippen molar-refractivity contribution >= 4 is 41.8 Å². The summed E-state index contributed by atoms with van der Waals surface area (Å²) in [6.07, 6.45) is 6.34. The predicted octanol–water partition coefficient (Wildman–Crippen LogP) is 1.91. The molecule has 0 radical (unpaired) electrons. The van der Waals surface area contributed by atoms with Crippen LogP contribution in [-0.4, -0.2) is 62.6 Å². The van der Waals surface area contributed by atoms with Gasteiger partial charge in [-0.3, -0.25) is 19.5 Å². The molecule has 0 unspecified atom stereocenters. The fourth-order valence-corrected chi connectivity index (χ4v) is 3.41. The van der Waals surface area contributed by atoms with E-state index in [1.54, 1.807) is 7.11 Å². The highest BCUT2D eigenvalue weighted by molar-refractivity contribution is 14.0. The van der Waals surface area contributed by atoms with E-state index in [0.29, 0.717) is 32.4 Å². The van der Waals surface area contributed by atoms with Crippen LogP contribution in [0.4, 0.5) is 0 Å². The van der Waals surface area contributed by atoms with Crippen LogP contribution >= 0.6 is 24.0 Å². The standard InChI is InChI=1S/C18H32N4O3.HI/c1-3-19-17(21-14-18(8-5-9-18)10-13-25-2)20-11-12-22-15(23)6-4-7-16(22)24;/h3-14H2,1-2H3,(H2,19,20,21);1H. The lowest BCUT2D eigenvalue weighted by molar-refractivity contribution is -0.147. The number of amides is 2. The summed E-state index contributed by atoms with van der Waals surface area (Å²) >= 11 is 0. The Balaban J connectivity index is 0.00000338. The fourth-order valence-electron chi connectivity index (χ4n) is 3.41. The van der Waals surface area contributed by atoms with Gasteiger partial charge < -0.3 is 15.4 Å². The Labute approximate surface area is 173 Å². The lowest BCUT2D eigenvalue weighted by Gasteiger charge is -2.40. The van der Waals surface area contributed by atoms with Gasteiger partial charge in [0.05, 0.1) is 0 Å². The molecule has 150 valence electrons. The highest BCUT2D eigenvalue weighted by atomic mass is 127. The first-order chi connectivity index (χ1) is 12.1. The number of hydrogen-bond acceptors (Lipinski definition) is 4. The van der Waals surface area contributed by atoms with Crippen molar-refractivity contribution in [3.05, 3.63) is 0 Å². The van der Waals surface area contributed by atoms with Crippen molar-refractivity contribution < 1.29 is 14.3 Å². The summed E-state index contributed by atoms with van der Waals surface area (Å²) in [7, 11) is 1.74. The molecule has 1 saturated carbocycles. The molecule has 1 aliphatic heterocycles. The molecule has 26 heavy (non-hydrogen) atoms. The maximum atomic E-state index is 11.8. The number of ether oxygens (including phenoxy) is 1. The number of nitrogens with zero attached hydrogens (tertiary/aromatic N) is 2. The van der Waals surface area contributed by atoms with Gasteiger partial charge in [-0.25, -0.2) is 0 Å². The molecule has 0 atom stereocenters. The van der Waals surface area contributed by atoms with Gasteiger partial charge in [0, 0.05) is 52.7 Å². The Bertz CT molecular complexity index is 479. The lowest BCUT2D eigenvalue weighted by Crippen LogP contribution is -2.47. The third-order valence-electron chi connectivity index (χ3n) is 5.18. The van der Waals surface area contributed by atoms with Crippen molar-refractivity contribution in [2.75, 3.05) is 39.9 Å². The Morgan fingerprint density at radius 1 is 1.19 bits per heavy atom. The van der Waals surface area contributed by atoms with Crippen LogP contribution in [0, 0.1) is 5.41 Å². The summed E-state index contributed by atoms with van der Waals surface area (Å²) in [4.78, 5) is 29.8. The molecule has 2 fully saturated rings. The van der Waals surface area contributed by atoms with Crippen LogP contribution in [0.25, 0.3) is 0 Å². The Morgan fingerprint density at radius 2 is 1.88 bits per heavy atom. The zero-order chi connectivity index (χ0) is 18.1. The first kappa shape index (κ1) is 23.1. The van der Waals surface area contributed by atoms with Crippen LogP contribution in [0.2, 0.25) is 0 Å². The number of hydrogen-bond donors (Lipinski definition) is 2. The SMILES string of the molecule is CCNC(=NCC1(CCOC)CCC1)NCCN1C(=O)CCCC1=O.I. The molecule has 2 aliphatic rings. The molecular formula is C18H33IN4O3. The second-order valence-corrected chi connectivity index (χ2v) is 7.01. The number of aliphatic imine (C=N–C) groups is 1. The van der Waals surface area contributed by atoms with E-state index in [2.05, 4.69) is 10.6 Å². The number of likely N-dealkylation sites (tertiary alicyclic amines) is 1. The van der Waals surface area contributed by atoms with Crippen LogP contribution in [0.15, 0.2) is 4.99 Å². The van der Waals surface area contributed by atoms with E-state index in [-0.39, 0.29) is 41.2 Å². The number of carbonyl (C=O) groups excluding carboxylic acids is 2. The van der Waals surface area contributed by atoms with Gasteiger partial charge in [0.25, 0.3) is 0 Å². The van der Waals surface area contributed by atoms with E-state index < -0.39 is 0 Å². The number of guanidine groups is 1. The summed E-state index contributed by atoms with van der Waals surface area (Å²) < 4.78 is 5.23. The summed E-state index contributed by atoms with van der Waals surface area (Å²) in [5.74, 6) is 0.629. The molecule has 0 aromatic heterocycles. The molecule has 0 aromatic rings. The average molecular weight is 480 g/mol. The first-order valence-corrected chi connectivity index (χ1v) is 9.44. The zero-order valence-electron chi connectivity index (χ0n) is 16.0. The van der Waals surface area contributed by atoms with Crippen molar-refractivity contribution in [3.63, 3.8) is 0 Å². The van der Waals surface area contributed by atoms with Crippen molar-refractivity contribution in [1.82, 2.24) is 15.5 Å². The Hall–Kier alpha value is -0.900. The highest BCUT2D eigenvalue weighted by Crippen LogP contribution is 2.44. The minimum Gasteiger partial charge on any atom is -0.385 e. The number of imide groups is 1. The van der Waals surface area contributed by atoms with Crippen molar-refractivity contribution in [1.29, 1.82) is 0 Å².